The molecule has 4 rings (SSSR count). The van der Waals surface area contributed by atoms with Crippen LogP contribution in [0.4, 0.5) is 11.4 Å². The summed E-state index contributed by atoms with van der Waals surface area (Å²) in [6.45, 7) is 0. The van der Waals surface area contributed by atoms with Crippen LogP contribution in [-0.2, 0) is 0 Å². The van der Waals surface area contributed by atoms with Crippen LogP contribution in [0.3, 0.4) is 0 Å². The van der Waals surface area contributed by atoms with Crippen LogP contribution in [0.15, 0.2) is 96.4 Å². The summed E-state index contributed by atoms with van der Waals surface area (Å²) in [6, 6.07) is 19.0. The Kier molecular flexibility index (Phi) is 7.51. The predicted molar refractivity (Wildman–Crippen MR) is 108 cm³/mol. The third kappa shape index (κ3) is 4.75. The quantitative estimate of drug-likeness (QED) is 0.560. The standard InChI is InChI=1S/C24H14N4.2ClH/c25-17-19-1-5-23(6-2-19)27-13-9-21(10-14-27)22-11-15-28(16-12-22)24-7-3-20(18-26)4-8-24;;/h1-13,15H;2*1H/q+2;;/p-2. The van der Waals surface area contributed by atoms with E-state index in [1.165, 1.54) is 0 Å². The van der Waals surface area contributed by atoms with Gasteiger partial charge in [-0.15, -0.1) is 0 Å². The molecule has 144 valence electrons. The molecule has 0 bridgehead atoms. The second-order valence-electron chi connectivity index (χ2n) is 6.15. The molecule has 2 aliphatic heterocycles. The summed E-state index contributed by atoms with van der Waals surface area (Å²) in [6.07, 6.45) is 18.2. The number of allylic oxidation sites excluding steroid dienone is 6. The Labute approximate surface area is 188 Å². The van der Waals surface area contributed by atoms with Crippen molar-refractivity contribution >= 4 is 11.4 Å². The smallest absolute Gasteiger partial charge is 0.133 e. The molecule has 6 heteroatoms. The monoisotopic (exact) mass is 428 g/mol. The molecule has 2 aliphatic rings. The molecular weight excluding hydrogens is 415 g/mol. The normalized spacial score (nSPS) is 15.8. The highest BCUT2D eigenvalue weighted by atomic mass is 35.5. The molecule has 2 aromatic rings. The first-order valence-corrected chi connectivity index (χ1v) is 8.65. The lowest BCUT2D eigenvalue weighted by Crippen LogP contribution is -3.00. The van der Waals surface area contributed by atoms with E-state index in [9.17, 15) is 0 Å². The van der Waals surface area contributed by atoms with Gasteiger partial charge in [-0.1, -0.05) is 0 Å². The molecule has 0 unspecified atom stereocenters. The van der Waals surface area contributed by atoms with E-state index in [4.69, 9.17) is 10.5 Å². The molecule has 0 amide bonds. The highest BCUT2D eigenvalue weighted by molar-refractivity contribution is 5.61. The van der Waals surface area contributed by atoms with E-state index in [2.05, 4.69) is 24.5 Å². The van der Waals surface area contributed by atoms with Crippen molar-refractivity contribution in [2.45, 2.75) is 0 Å². The van der Waals surface area contributed by atoms with Gasteiger partial charge >= 0.3 is 0 Å². The van der Waals surface area contributed by atoms with E-state index in [-0.39, 0.29) is 24.8 Å². The Morgan fingerprint density at radius 2 is 0.967 bits per heavy atom. The van der Waals surface area contributed by atoms with Gasteiger partial charge in [0.1, 0.15) is 59.5 Å². The SMILES string of the molecule is N#Cc1ccc(N2[C+]=CC(=C3C=[C+]N(c4ccc(C#N)cc4)C=C3)C=C2)cc1.[Cl-].[Cl-]. The minimum absolute atomic E-state index is 0. The largest absolute Gasteiger partial charge is 1.00 e. The molecule has 30 heavy (non-hydrogen) atoms. The van der Waals surface area contributed by atoms with Crippen LogP contribution in [0.1, 0.15) is 11.1 Å². The zero-order valence-corrected chi connectivity index (χ0v) is 17.1. The molecule has 0 spiro atoms. The topological polar surface area (TPSA) is 54.1 Å². The Hall–Kier alpha value is -3.88. The lowest BCUT2D eigenvalue weighted by molar-refractivity contribution is -0.001000. The summed E-state index contributed by atoms with van der Waals surface area (Å²) in [5.41, 5.74) is 5.24. The van der Waals surface area contributed by atoms with Crippen molar-refractivity contribution in [2.24, 2.45) is 0 Å². The Bertz CT molecular complexity index is 1000. The molecule has 0 N–H and O–H groups in total. The summed E-state index contributed by atoms with van der Waals surface area (Å²) >= 11 is 0. The Morgan fingerprint density at radius 1 is 0.600 bits per heavy atom. The fourth-order valence-corrected chi connectivity index (χ4v) is 2.84. The number of hydrogen-bond donors (Lipinski definition) is 0. The third-order valence-electron chi connectivity index (χ3n) is 4.41. The van der Waals surface area contributed by atoms with Crippen LogP contribution in [0.2, 0.25) is 0 Å². The molecule has 2 aromatic carbocycles. The summed E-state index contributed by atoms with van der Waals surface area (Å²) in [5.74, 6) is 0. The number of halogens is 2. The lowest BCUT2D eigenvalue weighted by Gasteiger charge is -2.10. The van der Waals surface area contributed by atoms with Gasteiger partial charge in [0.2, 0.25) is 0 Å². The van der Waals surface area contributed by atoms with Crippen molar-refractivity contribution in [2.75, 3.05) is 9.80 Å². The van der Waals surface area contributed by atoms with E-state index < -0.39 is 0 Å². The van der Waals surface area contributed by atoms with Gasteiger partial charge in [-0.25, -0.2) is 0 Å². The van der Waals surface area contributed by atoms with Crippen LogP contribution in [0.25, 0.3) is 0 Å². The van der Waals surface area contributed by atoms with Gasteiger partial charge in [-0.3, -0.25) is 0 Å². The van der Waals surface area contributed by atoms with Gasteiger partial charge in [-0.2, -0.15) is 20.3 Å². The molecule has 0 saturated heterocycles. The number of benzene rings is 2. The second kappa shape index (κ2) is 10.1. The number of nitrogens with zero attached hydrogens (tertiary/aromatic N) is 4. The van der Waals surface area contributed by atoms with Gasteiger partial charge in [-0.05, 0) is 24.3 Å². The maximum absolute atomic E-state index is 8.90. The average Bonchev–Trinajstić information content (AvgIpc) is 2.79. The molecule has 0 atom stereocenters. The molecule has 2 heterocycles. The lowest BCUT2D eigenvalue weighted by atomic mass is 10.0. The van der Waals surface area contributed by atoms with Crippen LogP contribution >= 0.6 is 0 Å². The maximum atomic E-state index is 8.90. The second-order valence-corrected chi connectivity index (χ2v) is 6.15. The van der Waals surface area contributed by atoms with Gasteiger partial charge in [0, 0.05) is 24.3 Å². The molecular formula is C24H14Cl2N4. The number of rotatable bonds is 2. The molecule has 0 aromatic heterocycles. The van der Waals surface area contributed by atoms with Gasteiger partial charge < -0.3 is 24.8 Å². The minimum atomic E-state index is 0. The highest BCUT2D eigenvalue weighted by Gasteiger charge is 2.20. The van der Waals surface area contributed by atoms with Crippen molar-refractivity contribution in [1.29, 1.82) is 10.5 Å². The van der Waals surface area contributed by atoms with Crippen molar-refractivity contribution in [3.63, 3.8) is 0 Å². The maximum Gasteiger partial charge on any atom is 0.133 e. The van der Waals surface area contributed by atoms with Gasteiger partial charge in [0.05, 0.1) is 35.4 Å². The Morgan fingerprint density at radius 3 is 1.23 bits per heavy atom. The summed E-state index contributed by atoms with van der Waals surface area (Å²) in [5, 5.41) is 17.8. The van der Waals surface area contributed by atoms with Gasteiger partial charge in [0.25, 0.3) is 0 Å². The number of nitriles is 2. The summed E-state index contributed by atoms with van der Waals surface area (Å²) < 4.78 is 0. The highest BCUT2D eigenvalue weighted by Crippen LogP contribution is 2.25. The minimum Gasteiger partial charge on any atom is -1.00 e. The molecule has 4 nitrogen and oxygen atoms in total. The van der Waals surface area contributed by atoms with Crippen molar-refractivity contribution in [3.05, 3.63) is 120 Å². The first kappa shape index (κ1) is 22.4. The first-order chi connectivity index (χ1) is 13.8. The van der Waals surface area contributed by atoms with E-state index in [1.54, 1.807) is 24.3 Å². The van der Waals surface area contributed by atoms with E-state index in [0.717, 1.165) is 22.5 Å². The van der Waals surface area contributed by atoms with E-state index in [0.29, 0.717) is 11.1 Å². The number of hydrogen-bond acceptors (Lipinski definition) is 4. The van der Waals surface area contributed by atoms with Crippen molar-refractivity contribution < 1.29 is 24.8 Å². The zero-order chi connectivity index (χ0) is 19.3. The van der Waals surface area contributed by atoms with E-state index >= 15 is 0 Å². The van der Waals surface area contributed by atoms with Crippen LogP contribution in [-0.4, -0.2) is 0 Å². The zero-order valence-electron chi connectivity index (χ0n) is 15.6. The van der Waals surface area contributed by atoms with Crippen molar-refractivity contribution in [3.8, 4) is 12.1 Å². The van der Waals surface area contributed by atoms with Crippen LogP contribution < -0.4 is 34.6 Å². The van der Waals surface area contributed by atoms with Crippen LogP contribution in [0.5, 0.6) is 0 Å². The van der Waals surface area contributed by atoms with Gasteiger partial charge in [0.15, 0.2) is 0 Å². The summed E-state index contributed by atoms with van der Waals surface area (Å²) in [7, 11) is 0. The summed E-state index contributed by atoms with van der Waals surface area (Å²) in [4.78, 5) is 3.77. The van der Waals surface area contributed by atoms with E-state index in [1.807, 2.05) is 70.8 Å². The Balaban J connectivity index is 0.00000160. The third-order valence-corrected chi connectivity index (χ3v) is 4.41. The predicted octanol–water partition coefficient (Wildman–Crippen LogP) is -1.26. The molecule has 0 saturated carbocycles. The molecule has 0 fully saturated rings. The molecule has 0 aliphatic carbocycles. The van der Waals surface area contributed by atoms with Crippen molar-refractivity contribution in [1.82, 2.24) is 0 Å². The first-order valence-electron chi connectivity index (χ1n) is 8.65. The number of anilines is 2. The fraction of sp³-hybridized carbons (Fsp3) is 0. The fourth-order valence-electron chi connectivity index (χ4n) is 2.84. The average molecular weight is 429 g/mol. The van der Waals surface area contributed by atoms with Crippen LogP contribution in [0, 0.1) is 35.1 Å². The molecule has 0 radical (unpaired) electrons.